The van der Waals surface area contributed by atoms with E-state index >= 15 is 0 Å². The van der Waals surface area contributed by atoms with Gasteiger partial charge in [-0.05, 0) is 43.9 Å². The zero-order valence-electron chi connectivity index (χ0n) is 22.7. The number of rotatable bonds is 11. The van der Waals surface area contributed by atoms with Gasteiger partial charge < -0.3 is 25.0 Å². The molecule has 3 aromatic rings. The van der Waals surface area contributed by atoms with Crippen molar-refractivity contribution in [1.82, 2.24) is 14.8 Å². The largest absolute Gasteiger partial charge is 0.434 e. The average molecular weight is 585 g/mol. The third-order valence-electron chi connectivity index (χ3n) is 8.01. The van der Waals surface area contributed by atoms with E-state index < -0.39 is 50.3 Å². The normalized spacial score (nSPS) is 22.0. The number of aliphatic hydroxyl groups excluding tert-OH is 1. The number of aromatic nitrogens is 1. The number of hydrogen-bond donors (Lipinski definition) is 3. The minimum atomic E-state index is -3.47. The monoisotopic (exact) mass is 584 g/mol. The predicted octanol–water partition coefficient (Wildman–Crippen LogP) is 5.72. The van der Waals surface area contributed by atoms with E-state index in [1.807, 2.05) is 0 Å². The van der Waals surface area contributed by atoms with Crippen molar-refractivity contribution >= 4 is 16.6 Å². The van der Waals surface area contributed by atoms with Gasteiger partial charge in [-0.15, -0.1) is 0 Å². The zero-order chi connectivity index (χ0) is 29.3. The number of ether oxygens (including phenoxy) is 1. The van der Waals surface area contributed by atoms with Gasteiger partial charge in [0.25, 0.3) is 5.92 Å². The lowest BCUT2D eigenvalue weighted by atomic mass is 9.87. The van der Waals surface area contributed by atoms with Crippen LogP contribution in [0, 0.1) is 5.82 Å². The summed E-state index contributed by atoms with van der Waals surface area (Å²) in [7, 11) is 0. The Bertz CT molecular complexity index is 1350. The van der Waals surface area contributed by atoms with Crippen LogP contribution in [-0.2, 0) is 6.42 Å². The van der Waals surface area contributed by atoms with Crippen molar-refractivity contribution in [2.45, 2.75) is 56.8 Å². The van der Waals surface area contributed by atoms with Crippen molar-refractivity contribution in [3.63, 3.8) is 0 Å². The van der Waals surface area contributed by atoms with E-state index in [1.165, 1.54) is 17.0 Å². The maximum Gasteiger partial charge on any atom is 0.387 e. The SMILES string of the molecule is C[C@@H]1Cc2c([nH]c3c(F)cccc23)C(c2ccc(N[C@H]3CCN(CCCF)C3)cc2OC(F)F)N1CC(F)(F)CO. The minimum absolute atomic E-state index is 0.0117. The molecule has 1 saturated heterocycles. The first-order chi connectivity index (χ1) is 19.6. The number of aromatic amines is 1. The van der Waals surface area contributed by atoms with Crippen molar-refractivity contribution in [3.05, 3.63) is 59.0 Å². The van der Waals surface area contributed by atoms with Crippen molar-refractivity contribution in [2.75, 3.05) is 44.8 Å². The van der Waals surface area contributed by atoms with Crippen LogP contribution in [-0.4, -0.2) is 84.0 Å². The fourth-order valence-electron chi connectivity index (χ4n) is 6.16. The van der Waals surface area contributed by atoms with Gasteiger partial charge in [0.2, 0.25) is 0 Å². The first-order valence-corrected chi connectivity index (χ1v) is 13.8. The number of hydrogen-bond acceptors (Lipinski definition) is 5. The van der Waals surface area contributed by atoms with E-state index in [4.69, 9.17) is 4.74 Å². The summed E-state index contributed by atoms with van der Waals surface area (Å²) in [6.45, 7) is -1.99. The number of likely N-dealkylation sites (tertiary alicyclic amines) is 1. The summed E-state index contributed by atoms with van der Waals surface area (Å²) in [5, 5.41) is 13.3. The Morgan fingerprint density at radius 3 is 2.76 bits per heavy atom. The number of fused-ring (bicyclic) bond motifs is 3. The molecule has 0 amide bonds. The molecule has 3 N–H and O–H groups in total. The van der Waals surface area contributed by atoms with Crippen LogP contribution >= 0.6 is 0 Å². The fourth-order valence-corrected chi connectivity index (χ4v) is 6.16. The van der Waals surface area contributed by atoms with Crippen molar-refractivity contribution < 1.29 is 36.2 Å². The highest BCUT2D eigenvalue weighted by molar-refractivity contribution is 5.86. The zero-order valence-corrected chi connectivity index (χ0v) is 22.7. The number of nitrogens with one attached hydrogen (secondary N) is 2. The molecule has 2 aliphatic heterocycles. The highest BCUT2D eigenvalue weighted by atomic mass is 19.3. The maximum absolute atomic E-state index is 14.8. The summed E-state index contributed by atoms with van der Waals surface area (Å²) in [6.07, 6.45) is 1.54. The predicted molar refractivity (Wildman–Crippen MR) is 144 cm³/mol. The number of anilines is 1. The Hall–Kier alpha value is -2.96. The van der Waals surface area contributed by atoms with E-state index in [-0.39, 0.29) is 22.9 Å². The molecule has 1 unspecified atom stereocenters. The summed E-state index contributed by atoms with van der Waals surface area (Å²) in [6, 6.07) is 7.75. The number of benzene rings is 2. The van der Waals surface area contributed by atoms with Crippen LogP contribution in [0.4, 0.5) is 32.0 Å². The number of alkyl halides is 5. The standard InChI is InChI=1S/C29H34F6N4O2/c1-17-12-22-20-4-2-5-23(31)25(20)37-26(22)27(39(17)15-29(34,35)16-40)21-7-6-18(13-24(21)41-28(32)33)36-19-8-11-38(14-19)10-3-9-30/h2,4-7,13,17,19,27-28,36-37,40H,3,8-12,14-16H2,1H3/t17-,19+,27?/m1/s1. The molecule has 3 atom stereocenters. The number of halogens is 6. The number of nitrogens with zero attached hydrogens (tertiary/aromatic N) is 2. The van der Waals surface area contributed by atoms with E-state index in [1.54, 1.807) is 31.2 Å². The van der Waals surface area contributed by atoms with Gasteiger partial charge in [-0.2, -0.15) is 8.78 Å². The maximum atomic E-state index is 14.8. The lowest BCUT2D eigenvalue weighted by Crippen LogP contribution is -2.49. The van der Waals surface area contributed by atoms with Crippen LogP contribution in [0.25, 0.3) is 10.9 Å². The van der Waals surface area contributed by atoms with Crippen LogP contribution < -0.4 is 10.1 Å². The molecular formula is C29H34F6N4O2. The van der Waals surface area contributed by atoms with Gasteiger partial charge in [-0.3, -0.25) is 9.29 Å². The molecule has 2 aromatic carbocycles. The molecular weight excluding hydrogens is 550 g/mol. The lowest BCUT2D eigenvalue weighted by molar-refractivity contribution is -0.0874. The quantitative estimate of drug-likeness (QED) is 0.252. The molecule has 0 bridgehead atoms. The average Bonchev–Trinajstić information content (AvgIpc) is 3.53. The molecule has 3 heterocycles. The highest BCUT2D eigenvalue weighted by Gasteiger charge is 2.43. The van der Waals surface area contributed by atoms with Crippen LogP contribution in [0.2, 0.25) is 0 Å². The summed E-state index contributed by atoms with van der Waals surface area (Å²) in [5.41, 5.74) is 2.06. The van der Waals surface area contributed by atoms with Gasteiger partial charge in [-0.1, -0.05) is 18.2 Å². The first kappa shape index (κ1) is 29.5. The number of aliphatic hydroxyl groups is 1. The summed E-state index contributed by atoms with van der Waals surface area (Å²) >= 11 is 0. The van der Waals surface area contributed by atoms with Gasteiger partial charge in [0, 0.05) is 60.1 Å². The van der Waals surface area contributed by atoms with Crippen LogP contribution in [0.1, 0.15) is 42.6 Å². The van der Waals surface area contributed by atoms with E-state index in [2.05, 4.69) is 15.2 Å². The Labute approximate surface area is 234 Å². The van der Waals surface area contributed by atoms with Crippen molar-refractivity contribution in [3.8, 4) is 5.75 Å². The summed E-state index contributed by atoms with van der Waals surface area (Å²) in [4.78, 5) is 6.61. The third-order valence-corrected chi connectivity index (χ3v) is 8.01. The highest BCUT2D eigenvalue weighted by Crippen LogP contribution is 2.45. The first-order valence-electron chi connectivity index (χ1n) is 13.8. The second kappa shape index (κ2) is 12.1. The van der Waals surface area contributed by atoms with Crippen LogP contribution in [0.5, 0.6) is 5.75 Å². The summed E-state index contributed by atoms with van der Waals surface area (Å²) in [5.74, 6) is -4.18. The molecule has 0 spiro atoms. The van der Waals surface area contributed by atoms with Gasteiger partial charge in [0.05, 0.1) is 24.8 Å². The Kier molecular flexibility index (Phi) is 8.72. The van der Waals surface area contributed by atoms with Crippen LogP contribution in [0.15, 0.2) is 36.4 Å². The van der Waals surface area contributed by atoms with Gasteiger partial charge >= 0.3 is 6.61 Å². The fraction of sp³-hybridized carbons (Fsp3) is 0.517. The molecule has 0 aliphatic carbocycles. The molecule has 6 nitrogen and oxygen atoms in total. The number of H-pyrrole nitrogens is 1. The van der Waals surface area contributed by atoms with Crippen LogP contribution in [0.3, 0.4) is 0 Å². The van der Waals surface area contributed by atoms with Gasteiger partial charge in [0.1, 0.15) is 18.2 Å². The summed E-state index contributed by atoms with van der Waals surface area (Å²) < 4.78 is 88.9. The Morgan fingerprint density at radius 2 is 2.02 bits per heavy atom. The minimum Gasteiger partial charge on any atom is -0.434 e. The third kappa shape index (κ3) is 6.29. The Balaban J connectivity index is 1.55. The van der Waals surface area contributed by atoms with E-state index in [0.29, 0.717) is 48.3 Å². The van der Waals surface area contributed by atoms with E-state index in [9.17, 15) is 31.4 Å². The second-order valence-corrected chi connectivity index (χ2v) is 10.9. The molecule has 12 heteroatoms. The molecule has 2 aliphatic rings. The molecule has 0 saturated carbocycles. The molecule has 1 fully saturated rings. The molecule has 1 aromatic heterocycles. The van der Waals surface area contributed by atoms with E-state index in [0.717, 1.165) is 13.0 Å². The topological polar surface area (TPSA) is 63.8 Å². The van der Waals surface area contributed by atoms with Crippen molar-refractivity contribution in [1.29, 1.82) is 0 Å². The van der Waals surface area contributed by atoms with Gasteiger partial charge in [0.15, 0.2) is 0 Å². The van der Waals surface area contributed by atoms with Gasteiger partial charge in [-0.25, -0.2) is 13.2 Å². The molecule has 0 radical (unpaired) electrons. The molecule has 224 valence electrons. The van der Waals surface area contributed by atoms with Crippen molar-refractivity contribution in [2.24, 2.45) is 0 Å². The lowest BCUT2D eigenvalue weighted by Gasteiger charge is -2.42. The molecule has 5 rings (SSSR count). The number of para-hydroxylation sites is 1. The second-order valence-electron chi connectivity index (χ2n) is 10.9. The Morgan fingerprint density at radius 1 is 1.22 bits per heavy atom. The smallest absolute Gasteiger partial charge is 0.387 e. The molecule has 41 heavy (non-hydrogen) atoms.